The first-order valence-electron chi connectivity index (χ1n) is 9.33. The molecule has 1 atom stereocenters. The Morgan fingerprint density at radius 1 is 1.10 bits per heavy atom. The van der Waals surface area contributed by atoms with E-state index in [2.05, 4.69) is 25.6 Å². The van der Waals surface area contributed by atoms with Gasteiger partial charge in [-0.3, -0.25) is 4.79 Å². The van der Waals surface area contributed by atoms with Gasteiger partial charge in [-0.05, 0) is 50.1 Å². The van der Waals surface area contributed by atoms with E-state index in [1.165, 1.54) is 11.8 Å². The zero-order valence-corrected chi connectivity index (χ0v) is 18.5. The zero-order chi connectivity index (χ0) is 21.7. The molecule has 30 heavy (non-hydrogen) atoms. The highest BCUT2D eigenvalue weighted by Gasteiger charge is 2.16. The second-order valence-electron chi connectivity index (χ2n) is 6.78. The quantitative estimate of drug-likeness (QED) is 0.485. The molecule has 156 valence electrons. The fourth-order valence-corrected chi connectivity index (χ4v) is 3.54. The normalized spacial score (nSPS) is 11.7. The van der Waals surface area contributed by atoms with Crippen molar-refractivity contribution in [1.29, 1.82) is 0 Å². The molecular weight excluding hydrogens is 420 g/mol. The predicted octanol–water partition coefficient (Wildman–Crippen LogP) is 4.73. The number of rotatable bonds is 7. The molecule has 0 aliphatic carbocycles. The molecule has 1 amide bonds. The van der Waals surface area contributed by atoms with E-state index in [1.807, 2.05) is 51.1 Å². The van der Waals surface area contributed by atoms with Gasteiger partial charge in [-0.25, -0.2) is 0 Å². The number of carbonyl (C=O) groups is 1. The monoisotopic (exact) mass is 442 g/mol. The van der Waals surface area contributed by atoms with Crippen LogP contribution in [0.1, 0.15) is 23.9 Å². The lowest BCUT2D eigenvalue weighted by molar-refractivity contribution is -0.115. The standard InChI is InChI=1S/C21H23ClN6OS/c1-12-6-4-5-7-16(12)25-21-27-18(26-20(23)28-21)11-30-14(3)19(29)24-17-10-15(22)9-8-13(17)2/h4-10,14H,11H2,1-3H3,(H,24,29)(H3,23,25,26,27,28). The van der Waals surface area contributed by atoms with Crippen molar-refractivity contribution in [1.82, 2.24) is 15.0 Å². The van der Waals surface area contributed by atoms with Crippen molar-refractivity contribution in [2.45, 2.75) is 31.8 Å². The Morgan fingerprint density at radius 3 is 2.60 bits per heavy atom. The number of para-hydroxylation sites is 1. The smallest absolute Gasteiger partial charge is 0.237 e. The molecule has 3 aromatic rings. The average Bonchev–Trinajstić information content (AvgIpc) is 2.70. The molecule has 3 rings (SSSR count). The Balaban J connectivity index is 1.63. The zero-order valence-electron chi connectivity index (χ0n) is 16.9. The molecule has 9 heteroatoms. The van der Waals surface area contributed by atoms with Gasteiger partial charge < -0.3 is 16.4 Å². The van der Waals surface area contributed by atoms with Crippen molar-refractivity contribution in [2.24, 2.45) is 0 Å². The van der Waals surface area contributed by atoms with Crippen LogP contribution in [0.5, 0.6) is 0 Å². The summed E-state index contributed by atoms with van der Waals surface area (Å²) in [5, 5.41) is 6.33. The van der Waals surface area contributed by atoms with Gasteiger partial charge in [0.15, 0.2) is 0 Å². The fourth-order valence-electron chi connectivity index (χ4n) is 2.63. The van der Waals surface area contributed by atoms with Gasteiger partial charge in [0.05, 0.1) is 11.0 Å². The topological polar surface area (TPSA) is 106 Å². The van der Waals surface area contributed by atoms with Crippen LogP contribution in [0, 0.1) is 13.8 Å². The second kappa shape index (κ2) is 9.77. The van der Waals surface area contributed by atoms with Gasteiger partial charge >= 0.3 is 0 Å². The second-order valence-corrected chi connectivity index (χ2v) is 8.54. The van der Waals surface area contributed by atoms with Crippen LogP contribution >= 0.6 is 23.4 Å². The number of aromatic nitrogens is 3. The third-order valence-corrected chi connectivity index (χ3v) is 5.75. The van der Waals surface area contributed by atoms with Crippen LogP contribution in [-0.4, -0.2) is 26.1 Å². The van der Waals surface area contributed by atoms with E-state index < -0.39 is 0 Å². The first kappa shape index (κ1) is 21.9. The molecule has 0 bridgehead atoms. The van der Waals surface area contributed by atoms with Crippen LogP contribution in [0.15, 0.2) is 42.5 Å². The first-order chi connectivity index (χ1) is 14.3. The minimum Gasteiger partial charge on any atom is -0.368 e. The largest absolute Gasteiger partial charge is 0.368 e. The molecule has 0 fully saturated rings. The minimum absolute atomic E-state index is 0.120. The van der Waals surface area contributed by atoms with Crippen molar-refractivity contribution < 1.29 is 4.79 Å². The van der Waals surface area contributed by atoms with Crippen LogP contribution in [0.3, 0.4) is 0 Å². The Labute approximate surface area is 184 Å². The van der Waals surface area contributed by atoms with Gasteiger partial charge in [-0.15, -0.1) is 11.8 Å². The number of thioether (sulfide) groups is 1. The van der Waals surface area contributed by atoms with Gasteiger partial charge in [0.1, 0.15) is 5.82 Å². The molecule has 0 aliphatic rings. The molecule has 1 unspecified atom stereocenters. The number of hydrogen-bond acceptors (Lipinski definition) is 7. The van der Waals surface area contributed by atoms with Crippen LogP contribution < -0.4 is 16.4 Å². The van der Waals surface area contributed by atoms with Gasteiger partial charge in [-0.2, -0.15) is 15.0 Å². The summed E-state index contributed by atoms with van der Waals surface area (Å²) in [6.07, 6.45) is 0. The van der Waals surface area contributed by atoms with Gasteiger partial charge in [-0.1, -0.05) is 35.9 Å². The lowest BCUT2D eigenvalue weighted by Crippen LogP contribution is -2.23. The molecule has 7 nitrogen and oxygen atoms in total. The number of hydrogen-bond donors (Lipinski definition) is 3. The van der Waals surface area contributed by atoms with Gasteiger partial charge in [0.25, 0.3) is 0 Å². The molecule has 2 aromatic carbocycles. The molecule has 0 radical (unpaired) electrons. The Morgan fingerprint density at radius 2 is 1.83 bits per heavy atom. The van der Waals surface area contributed by atoms with Gasteiger partial charge in [0.2, 0.25) is 17.8 Å². The predicted molar refractivity (Wildman–Crippen MR) is 124 cm³/mol. The number of nitrogens with one attached hydrogen (secondary N) is 2. The fraction of sp³-hybridized carbons (Fsp3) is 0.238. The van der Waals surface area contributed by atoms with E-state index in [0.29, 0.717) is 28.2 Å². The highest BCUT2D eigenvalue weighted by atomic mass is 35.5. The van der Waals surface area contributed by atoms with Crippen LogP contribution in [0.2, 0.25) is 5.02 Å². The van der Waals surface area contributed by atoms with E-state index >= 15 is 0 Å². The minimum atomic E-state index is -0.325. The maximum Gasteiger partial charge on any atom is 0.237 e. The number of carbonyl (C=O) groups excluding carboxylic acids is 1. The maximum atomic E-state index is 12.5. The highest BCUT2D eigenvalue weighted by Crippen LogP contribution is 2.23. The molecule has 1 heterocycles. The summed E-state index contributed by atoms with van der Waals surface area (Å²) in [5.74, 6) is 1.30. The summed E-state index contributed by atoms with van der Waals surface area (Å²) in [7, 11) is 0. The number of anilines is 4. The number of amides is 1. The molecular formula is C21H23ClN6OS. The summed E-state index contributed by atoms with van der Waals surface area (Å²) in [6, 6.07) is 13.2. The van der Waals surface area contributed by atoms with Crippen LogP contribution in [0.25, 0.3) is 0 Å². The Kier molecular flexibility index (Phi) is 7.12. The summed E-state index contributed by atoms with van der Waals surface area (Å²) in [4.78, 5) is 25.3. The lowest BCUT2D eigenvalue weighted by atomic mass is 10.2. The molecule has 0 aliphatic heterocycles. The van der Waals surface area contributed by atoms with Crippen LogP contribution in [-0.2, 0) is 10.5 Å². The number of halogens is 1. The number of aryl methyl sites for hydroxylation is 2. The number of nitrogens with zero attached hydrogens (tertiary/aromatic N) is 3. The van der Waals surface area contributed by atoms with Crippen molar-refractivity contribution in [2.75, 3.05) is 16.4 Å². The summed E-state index contributed by atoms with van der Waals surface area (Å²) >= 11 is 7.43. The van der Waals surface area contributed by atoms with Crippen LogP contribution in [0.4, 0.5) is 23.3 Å². The number of benzene rings is 2. The van der Waals surface area contributed by atoms with E-state index in [9.17, 15) is 4.79 Å². The SMILES string of the molecule is Cc1ccc(Cl)cc1NC(=O)C(C)SCc1nc(N)nc(Nc2ccccc2C)n1. The Bertz CT molecular complexity index is 1060. The van der Waals surface area contributed by atoms with Crippen molar-refractivity contribution in [3.8, 4) is 0 Å². The summed E-state index contributed by atoms with van der Waals surface area (Å²) in [6.45, 7) is 5.74. The molecule has 0 saturated carbocycles. The van der Waals surface area contributed by atoms with E-state index in [0.717, 1.165) is 16.8 Å². The molecule has 0 saturated heterocycles. The third-order valence-electron chi connectivity index (χ3n) is 4.38. The van der Waals surface area contributed by atoms with Crippen molar-refractivity contribution in [3.63, 3.8) is 0 Å². The van der Waals surface area contributed by atoms with Crippen molar-refractivity contribution >= 4 is 52.5 Å². The molecule has 1 aromatic heterocycles. The van der Waals surface area contributed by atoms with Crippen molar-refractivity contribution in [3.05, 3.63) is 64.4 Å². The highest BCUT2D eigenvalue weighted by molar-refractivity contribution is 7.99. The summed E-state index contributed by atoms with van der Waals surface area (Å²) in [5.41, 5.74) is 9.45. The maximum absolute atomic E-state index is 12.5. The Hall–Kier alpha value is -2.84. The lowest BCUT2D eigenvalue weighted by Gasteiger charge is -2.14. The van der Waals surface area contributed by atoms with E-state index in [-0.39, 0.29) is 17.1 Å². The average molecular weight is 443 g/mol. The van der Waals surface area contributed by atoms with E-state index in [4.69, 9.17) is 17.3 Å². The third kappa shape index (κ3) is 5.84. The first-order valence-corrected chi connectivity index (χ1v) is 10.8. The number of nitrogen functional groups attached to an aromatic ring is 1. The molecule has 4 N–H and O–H groups in total. The molecule has 0 spiro atoms. The van der Waals surface area contributed by atoms with E-state index in [1.54, 1.807) is 12.1 Å². The summed E-state index contributed by atoms with van der Waals surface area (Å²) < 4.78 is 0. The number of nitrogens with two attached hydrogens (primary N) is 1. The van der Waals surface area contributed by atoms with Gasteiger partial charge in [0, 0.05) is 16.4 Å².